The number of aromatic nitrogens is 2. The van der Waals surface area contributed by atoms with Crippen molar-refractivity contribution in [1.82, 2.24) is 25.1 Å². The number of rotatable bonds is 10. The van der Waals surface area contributed by atoms with E-state index in [0.29, 0.717) is 18.5 Å². The van der Waals surface area contributed by atoms with Crippen LogP contribution in [0.2, 0.25) is 0 Å². The van der Waals surface area contributed by atoms with Crippen LogP contribution in [0.3, 0.4) is 0 Å². The van der Waals surface area contributed by atoms with Gasteiger partial charge in [0.2, 0.25) is 0 Å². The van der Waals surface area contributed by atoms with E-state index in [1.54, 1.807) is 0 Å². The maximum atomic E-state index is 5.55. The Kier molecular flexibility index (Phi) is 12.2. The zero-order valence-corrected chi connectivity index (χ0v) is 22.9. The molecule has 1 unspecified atom stereocenters. The first kappa shape index (κ1) is 27.6. The van der Waals surface area contributed by atoms with Gasteiger partial charge in [0.05, 0.1) is 19.8 Å². The lowest BCUT2D eigenvalue weighted by Gasteiger charge is -2.35. The molecule has 0 spiro atoms. The molecule has 0 radical (unpaired) electrons. The van der Waals surface area contributed by atoms with Gasteiger partial charge in [0.15, 0.2) is 5.96 Å². The van der Waals surface area contributed by atoms with Crippen molar-refractivity contribution in [3.8, 4) is 0 Å². The van der Waals surface area contributed by atoms with Gasteiger partial charge in [0, 0.05) is 51.2 Å². The molecule has 1 fully saturated rings. The Hall–Kier alpha value is -1.65. The standard InChI is InChI=1S/C25H40N6O.HI/c1-5-26-25(29-18-24(15-20(2)3)30-11-13-32-14-12-30)28-17-22-7-6-8-23(16-22)19-31-10-9-27-21(31)4;/h6-10,16,20,24H,5,11-15,17-19H2,1-4H3,(H2,26,28,29);1H. The largest absolute Gasteiger partial charge is 0.379 e. The summed E-state index contributed by atoms with van der Waals surface area (Å²) in [6.07, 6.45) is 5.04. The van der Waals surface area contributed by atoms with Crippen LogP contribution in [-0.4, -0.2) is 65.8 Å². The van der Waals surface area contributed by atoms with Gasteiger partial charge >= 0.3 is 0 Å². The molecule has 2 heterocycles. The predicted octanol–water partition coefficient (Wildman–Crippen LogP) is 3.66. The smallest absolute Gasteiger partial charge is 0.191 e. The Labute approximate surface area is 216 Å². The van der Waals surface area contributed by atoms with Crippen LogP contribution < -0.4 is 10.6 Å². The monoisotopic (exact) mass is 568 g/mol. The lowest BCUT2D eigenvalue weighted by Crippen LogP contribution is -2.51. The Morgan fingerprint density at radius 1 is 1.18 bits per heavy atom. The summed E-state index contributed by atoms with van der Waals surface area (Å²) in [6.45, 7) is 15.6. The second-order valence-corrected chi connectivity index (χ2v) is 8.93. The minimum atomic E-state index is 0. The molecule has 1 aliphatic heterocycles. The number of hydrogen-bond donors (Lipinski definition) is 2. The van der Waals surface area contributed by atoms with E-state index in [0.717, 1.165) is 57.7 Å². The fourth-order valence-corrected chi connectivity index (χ4v) is 4.17. The van der Waals surface area contributed by atoms with Gasteiger partial charge < -0.3 is 19.9 Å². The van der Waals surface area contributed by atoms with Gasteiger partial charge in [-0.15, -0.1) is 24.0 Å². The van der Waals surface area contributed by atoms with Crippen LogP contribution in [0.15, 0.2) is 41.7 Å². The average Bonchev–Trinajstić information content (AvgIpc) is 3.19. The highest BCUT2D eigenvalue weighted by Gasteiger charge is 2.22. The lowest BCUT2D eigenvalue weighted by molar-refractivity contribution is 0.0132. The van der Waals surface area contributed by atoms with Gasteiger partial charge in [0.25, 0.3) is 0 Å². The summed E-state index contributed by atoms with van der Waals surface area (Å²) in [4.78, 5) is 11.7. The van der Waals surface area contributed by atoms with E-state index in [1.807, 2.05) is 19.3 Å². The molecule has 8 heteroatoms. The van der Waals surface area contributed by atoms with Crippen LogP contribution in [0.1, 0.15) is 44.1 Å². The van der Waals surface area contributed by atoms with E-state index < -0.39 is 0 Å². The molecule has 3 rings (SSSR count). The van der Waals surface area contributed by atoms with E-state index >= 15 is 0 Å². The van der Waals surface area contributed by atoms with Crippen molar-refractivity contribution in [2.45, 2.75) is 53.2 Å². The molecule has 2 aromatic rings. The number of ether oxygens (including phenoxy) is 1. The highest BCUT2D eigenvalue weighted by molar-refractivity contribution is 14.0. The van der Waals surface area contributed by atoms with Crippen LogP contribution >= 0.6 is 24.0 Å². The molecule has 184 valence electrons. The number of guanidine groups is 1. The third-order valence-corrected chi connectivity index (χ3v) is 5.84. The maximum absolute atomic E-state index is 5.55. The predicted molar refractivity (Wildman–Crippen MR) is 146 cm³/mol. The third-order valence-electron chi connectivity index (χ3n) is 5.84. The molecule has 0 bridgehead atoms. The first-order valence-corrected chi connectivity index (χ1v) is 11.9. The Balaban J connectivity index is 0.00000385. The van der Waals surface area contributed by atoms with Crippen molar-refractivity contribution < 1.29 is 4.74 Å². The normalized spacial score (nSPS) is 15.8. The van der Waals surface area contributed by atoms with E-state index in [2.05, 4.69) is 70.1 Å². The molecule has 0 aliphatic carbocycles. The Morgan fingerprint density at radius 2 is 1.94 bits per heavy atom. The van der Waals surface area contributed by atoms with E-state index in [9.17, 15) is 0 Å². The SMILES string of the molecule is CCNC(=NCc1cccc(Cn2ccnc2C)c1)NCC(CC(C)C)N1CCOCC1.I. The molecule has 0 amide bonds. The van der Waals surface area contributed by atoms with Gasteiger partial charge in [-0.1, -0.05) is 38.1 Å². The first-order chi connectivity index (χ1) is 15.5. The topological polar surface area (TPSA) is 66.7 Å². The molecule has 1 atom stereocenters. The number of imidazole rings is 1. The van der Waals surface area contributed by atoms with Crippen LogP contribution in [0, 0.1) is 12.8 Å². The summed E-state index contributed by atoms with van der Waals surface area (Å²) in [7, 11) is 0. The summed E-state index contributed by atoms with van der Waals surface area (Å²) < 4.78 is 7.71. The van der Waals surface area contributed by atoms with E-state index in [4.69, 9.17) is 9.73 Å². The fourth-order valence-electron chi connectivity index (χ4n) is 4.17. The maximum Gasteiger partial charge on any atom is 0.191 e. The first-order valence-electron chi connectivity index (χ1n) is 11.9. The molecule has 7 nitrogen and oxygen atoms in total. The molecule has 0 saturated carbocycles. The number of morpholine rings is 1. The number of nitrogens with one attached hydrogen (secondary N) is 2. The van der Waals surface area contributed by atoms with E-state index in [-0.39, 0.29) is 24.0 Å². The van der Waals surface area contributed by atoms with Crippen molar-refractivity contribution in [1.29, 1.82) is 0 Å². The Morgan fingerprint density at radius 3 is 2.61 bits per heavy atom. The minimum absolute atomic E-state index is 0. The van der Waals surface area contributed by atoms with Gasteiger partial charge in [-0.2, -0.15) is 0 Å². The molecule has 1 aromatic heterocycles. The molecular formula is C25H41IN6O. The van der Waals surface area contributed by atoms with Crippen molar-refractivity contribution in [3.05, 3.63) is 53.6 Å². The molecule has 1 aliphatic rings. The molecule has 1 aromatic carbocycles. The second-order valence-electron chi connectivity index (χ2n) is 8.93. The van der Waals surface area contributed by atoms with Crippen molar-refractivity contribution in [2.24, 2.45) is 10.9 Å². The highest BCUT2D eigenvalue weighted by atomic mass is 127. The number of nitrogens with zero attached hydrogens (tertiary/aromatic N) is 4. The summed E-state index contributed by atoms with van der Waals surface area (Å²) in [5, 5.41) is 7.00. The molecule has 1 saturated heterocycles. The Bertz CT molecular complexity index is 847. The van der Waals surface area contributed by atoms with Gasteiger partial charge in [-0.25, -0.2) is 9.98 Å². The van der Waals surface area contributed by atoms with Gasteiger partial charge in [-0.05, 0) is 37.3 Å². The summed E-state index contributed by atoms with van der Waals surface area (Å²) >= 11 is 0. The quantitative estimate of drug-likeness (QED) is 0.260. The zero-order valence-electron chi connectivity index (χ0n) is 20.6. The minimum Gasteiger partial charge on any atom is -0.379 e. The van der Waals surface area contributed by atoms with Crippen molar-refractivity contribution >= 4 is 29.9 Å². The summed E-state index contributed by atoms with van der Waals surface area (Å²) in [5.41, 5.74) is 2.48. The number of aliphatic imine (C=N–C) groups is 1. The number of halogens is 1. The fraction of sp³-hybridized carbons (Fsp3) is 0.600. The zero-order chi connectivity index (χ0) is 22.8. The molecule has 33 heavy (non-hydrogen) atoms. The van der Waals surface area contributed by atoms with Crippen LogP contribution in [0.4, 0.5) is 0 Å². The highest BCUT2D eigenvalue weighted by Crippen LogP contribution is 2.13. The molecule has 2 N–H and O–H groups in total. The van der Waals surface area contributed by atoms with E-state index in [1.165, 1.54) is 17.5 Å². The number of benzene rings is 1. The van der Waals surface area contributed by atoms with Crippen LogP contribution in [0.25, 0.3) is 0 Å². The second kappa shape index (κ2) is 14.6. The lowest BCUT2D eigenvalue weighted by atomic mass is 10.0. The average molecular weight is 569 g/mol. The third kappa shape index (κ3) is 9.25. The summed E-state index contributed by atoms with van der Waals surface area (Å²) in [6, 6.07) is 9.15. The number of aryl methyl sites for hydroxylation is 1. The van der Waals surface area contributed by atoms with Crippen molar-refractivity contribution in [3.63, 3.8) is 0 Å². The van der Waals surface area contributed by atoms with Gasteiger partial charge in [-0.3, -0.25) is 4.90 Å². The molecular weight excluding hydrogens is 527 g/mol. The number of hydrogen-bond acceptors (Lipinski definition) is 4. The van der Waals surface area contributed by atoms with Crippen molar-refractivity contribution in [2.75, 3.05) is 39.4 Å². The van der Waals surface area contributed by atoms with Crippen LogP contribution in [0.5, 0.6) is 0 Å². The summed E-state index contributed by atoms with van der Waals surface area (Å²) in [5.74, 6) is 2.57. The van der Waals surface area contributed by atoms with Gasteiger partial charge in [0.1, 0.15) is 5.82 Å². The van der Waals surface area contributed by atoms with Crippen LogP contribution in [-0.2, 0) is 17.8 Å².